The van der Waals surface area contributed by atoms with Crippen molar-refractivity contribution >= 4 is 41.0 Å². The Morgan fingerprint density at radius 2 is 1.93 bits per heavy atom. The molecule has 1 heterocycles. The van der Waals surface area contributed by atoms with Crippen molar-refractivity contribution in [3.05, 3.63) is 79.9 Å². The number of benzene rings is 2. The highest BCUT2D eigenvalue weighted by atomic mass is 35.5. The maximum Gasteiger partial charge on any atom is 0.289 e. The number of amides is 1. The van der Waals surface area contributed by atoms with Crippen molar-refractivity contribution < 1.29 is 9.72 Å². The summed E-state index contributed by atoms with van der Waals surface area (Å²) in [6, 6.07) is 12.2. The van der Waals surface area contributed by atoms with Gasteiger partial charge in [-0.25, -0.2) is 5.43 Å². The van der Waals surface area contributed by atoms with Crippen LogP contribution in [0.25, 0.3) is 11.3 Å². The summed E-state index contributed by atoms with van der Waals surface area (Å²) in [7, 11) is 0. The highest BCUT2D eigenvalue weighted by Gasteiger charge is 2.13. The number of nitro groups is 1. The van der Waals surface area contributed by atoms with Crippen molar-refractivity contribution in [2.75, 3.05) is 0 Å². The highest BCUT2D eigenvalue weighted by molar-refractivity contribution is 6.35. The molecule has 3 rings (SSSR count). The molecule has 0 unspecified atom stereocenters. The minimum absolute atomic E-state index is 0.0270. The lowest BCUT2D eigenvalue weighted by Crippen LogP contribution is -2.17. The Balaban J connectivity index is 1.67. The van der Waals surface area contributed by atoms with E-state index in [4.69, 9.17) is 23.2 Å². The van der Waals surface area contributed by atoms with Gasteiger partial charge in [0.2, 0.25) is 0 Å². The molecule has 3 aromatic rings. The number of halogens is 2. The Bertz CT molecular complexity index is 1030. The molecule has 136 valence electrons. The summed E-state index contributed by atoms with van der Waals surface area (Å²) < 4.78 is 0. The monoisotopic (exact) mass is 403 g/mol. The standard InChI is InChI=1S/C17H11Cl2N5O3/c18-11-3-6-14(19)13(7-11)15-8-16(22-21-15)17(25)23-20-9-10-1-4-12(5-2-10)24(26)27/h1-9H,(H,21,22)(H,23,25). The number of rotatable bonds is 5. The van der Waals surface area contributed by atoms with Crippen LogP contribution in [-0.2, 0) is 0 Å². The van der Waals surface area contributed by atoms with Crippen LogP contribution in [0.1, 0.15) is 16.1 Å². The molecule has 0 spiro atoms. The topological polar surface area (TPSA) is 113 Å². The number of hydrazone groups is 1. The Kier molecular flexibility index (Phi) is 5.49. The SMILES string of the molecule is O=C(NN=Cc1ccc([N+](=O)[O-])cc1)c1cc(-c2cc(Cl)ccc2Cl)n[nH]1. The first-order valence-electron chi connectivity index (χ1n) is 7.53. The summed E-state index contributed by atoms with van der Waals surface area (Å²) >= 11 is 12.1. The van der Waals surface area contributed by atoms with Crippen molar-refractivity contribution in [1.82, 2.24) is 15.6 Å². The molecule has 2 aromatic carbocycles. The second-order valence-electron chi connectivity index (χ2n) is 5.34. The zero-order valence-corrected chi connectivity index (χ0v) is 15.0. The summed E-state index contributed by atoms with van der Waals surface area (Å²) in [5.74, 6) is -0.509. The van der Waals surface area contributed by atoms with Gasteiger partial charge in [0.1, 0.15) is 5.69 Å². The molecule has 2 N–H and O–H groups in total. The number of H-pyrrole nitrogens is 1. The first-order chi connectivity index (χ1) is 12.9. The number of carbonyl (C=O) groups excluding carboxylic acids is 1. The first-order valence-corrected chi connectivity index (χ1v) is 8.28. The number of carbonyl (C=O) groups is 1. The number of hydrogen-bond donors (Lipinski definition) is 2. The van der Waals surface area contributed by atoms with Gasteiger partial charge in [0, 0.05) is 22.7 Å². The van der Waals surface area contributed by atoms with Gasteiger partial charge >= 0.3 is 0 Å². The molecule has 0 saturated heterocycles. The van der Waals surface area contributed by atoms with Crippen LogP contribution in [0.3, 0.4) is 0 Å². The van der Waals surface area contributed by atoms with Crippen molar-refractivity contribution in [3.63, 3.8) is 0 Å². The Hall–Kier alpha value is -3.23. The molecule has 1 amide bonds. The molecule has 0 aliphatic heterocycles. The van der Waals surface area contributed by atoms with Crippen LogP contribution in [0.4, 0.5) is 5.69 Å². The van der Waals surface area contributed by atoms with E-state index in [0.29, 0.717) is 26.9 Å². The highest BCUT2D eigenvalue weighted by Crippen LogP contribution is 2.29. The molecule has 1 aromatic heterocycles. The fraction of sp³-hybridized carbons (Fsp3) is 0. The molecule has 0 atom stereocenters. The van der Waals surface area contributed by atoms with E-state index in [1.807, 2.05) is 0 Å². The molecule has 0 bridgehead atoms. The number of aromatic amines is 1. The Labute approximate surface area is 163 Å². The van der Waals surface area contributed by atoms with Crippen LogP contribution in [0.2, 0.25) is 10.0 Å². The fourth-order valence-electron chi connectivity index (χ4n) is 2.18. The van der Waals surface area contributed by atoms with E-state index in [1.54, 1.807) is 18.2 Å². The average molecular weight is 404 g/mol. The van der Waals surface area contributed by atoms with E-state index >= 15 is 0 Å². The summed E-state index contributed by atoms with van der Waals surface area (Å²) in [6.07, 6.45) is 1.37. The first kappa shape index (κ1) is 18.6. The second kappa shape index (κ2) is 7.98. The summed E-state index contributed by atoms with van der Waals surface area (Å²) in [5.41, 5.74) is 4.15. The molecule has 0 radical (unpaired) electrons. The van der Waals surface area contributed by atoms with Gasteiger partial charge in [0.25, 0.3) is 11.6 Å². The van der Waals surface area contributed by atoms with Crippen LogP contribution in [0.15, 0.2) is 53.6 Å². The predicted octanol–water partition coefficient (Wildman–Crippen LogP) is 4.06. The Morgan fingerprint density at radius 3 is 2.63 bits per heavy atom. The maximum absolute atomic E-state index is 12.1. The third-order valence-electron chi connectivity index (χ3n) is 3.51. The van der Waals surface area contributed by atoms with Crippen molar-refractivity contribution in [1.29, 1.82) is 0 Å². The smallest absolute Gasteiger partial charge is 0.272 e. The number of nitrogens with one attached hydrogen (secondary N) is 2. The second-order valence-corrected chi connectivity index (χ2v) is 6.18. The van der Waals surface area contributed by atoms with Gasteiger partial charge in [0.05, 0.1) is 21.9 Å². The molecule has 0 fully saturated rings. The van der Waals surface area contributed by atoms with E-state index in [2.05, 4.69) is 20.7 Å². The van der Waals surface area contributed by atoms with Crippen LogP contribution in [0.5, 0.6) is 0 Å². The molecule has 0 aliphatic carbocycles. The van der Waals surface area contributed by atoms with Gasteiger partial charge in [-0.05, 0) is 42.0 Å². The van der Waals surface area contributed by atoms with E-state index in [0.717, 1.165) is 0 Å². The summed E-state index contributed by atoms with van der Waals surface area (Å²) in [5, 5.41) is 22.0. The van der Waals surface area contributed by atoms with Crippen LogP contribution < -0.4 is 5.43 Å². The van der Waals surface area contributed by atoms with E-state index in [1.165, 1.54) is 36.5 Å². The Morgan fingerprint density at radius 1 is 1.19 bits per heavy atom. The van der Waals surface area contributed by atoms with E-state index in [9.17, 15) is 14.9 Å². The number of non-ortho nitro benzene ring substituents is 1. The third-order valence-corrected chi connectivity index (χ3v) is 4.08. The largest absolute Gasteiger partial charge is 0.289 e. The third kappa shape index (κ3) is 4.49. The zero-order chi connectivity index (χ0) is 19.4. The number of aromatic nitrogens is 2. The molecule has 27 heavy (non-hydrogen) atoms. The molecular weight excluding hydrogens is 393 g/mol. The quantitative estimate of drug-likeness (QED) is 0.379. The number of nitrogens with zero attached hydrogens (tertiary/aromatic N) is 3. The van der Waals surface area contributed by atoms with Crippen LogP contribution >= 0.6 is 23.2 Å². The lowest BCUT2D eigenvalue weighted by atomic mass is 10.1. The summed E-state index contributed by atoms with van der Waals surface area (Å²) in [6.45, 7) is 0. The van der Waals surface area contributed by atoms with Crippen LogP contribution in [-0.4, -0.2) is 27.2 Å². The van der Waals surface area contributed by atoms with Crippen molar-refractivity contribution in [2.24, 2.45) is 5.10 Å². The van der Waals surface area contributed by atoms with Gasteiger partial charge in [-0.15, -0.1) is 0 Å². The normalized spacial score (nSPS) is 10.9. The minimum atomic E-state index is -0.509. The van der Waals surface area contributed by atoms with Crippen molar-refractivity contribution in [2.45, 2.75) is 0 Å². The van der Waals surface area contributed by atoms with Gasteiger partial charge < -0.3 is 0 Å². The number of hydrogen-bond acceptors (Lipinski definition) is 5. The molecule has 0 aliphatic rings. The molecule has 10 heteroatoms. The predicted molar refractivity (Wildman–Crippen MR) is 102 cm³/mol. The summed E-state index contributed by atoms with van der Waals surface area (Å²) in [4.78, 5) is 22.2. The lowest BCUT2D eigenvalue weighted by Gasteiger charge is -2.00. The van der Waals surface area contributed by atoms with Crippen LogP contribution in [0, 0.1) is 10.1 Å². The molecule has 0 saturated carbocycles. The van der Waals surface area contributed by atoms with E-state index < -0.39 is 10.8 Å². The van der Waals surface area contributed by atoms with Gasteiger partial charge in [-0.3, -0.25) is 20.0 Å². The van der Waals surface area contributed by atoms with Gasteiger partial charge in [-0.1, -0.05) is 23.2 Å². The molecular formula is C17H11Cl2N5O3. The maximum atomic E-state index is 12.1. The fourth-order valence-corrected chi connectivity index (χ4v) is 2.56. The number of nitro benzene ring substituents is 1. The average Bonchev–Trinajstić information content (AvgIpc) is 3.14. The lowest BCUT2D eigenvalue weighted by molar-refractivity contribution is -0.384. The minimum Gasteiger partial charge on any atom is -0.272 e. The van der Waals surface area contributed by atoms with Gasteiger partial charge in [0.15, 0.2) is 0 Å². The van der Waals surface area contributed by atoms with Crippen molar-refractivity contribution in [3.8, 4) is 11.3 Å². The molecule has 8 nitrogen and oxygen atoms in total. The van der Waals surface area contributed by atoms with E-state index in [-0.39, 0.29) is 11.4 Å². The van der Waals surface area contributed by atoms with Gasteiger partial charge in [-0.2, -0.15) is 10.2 Å². The zero-order valence-electron chi connectivity index (χ0n) is 13.5.